The smallest absolute Gasteiger partial charge is 0.260 e. The first-order valence-electron chi connectivity index (χ1n) is 7.77. The van der Waals surface area contributed by atoms with Gasteiger partial charge in [0.2, 0.25) is 10.0 Å². The number of nitrogens with zero attached hydrogens (tertiary/aromatic N) is 1. The zero-order valence-corrected chi connectivity index (χ0v) is 15.4. The minimum absolute atomic E-state index is 0.0154. The Kier molecular flexibility index (Phi) is 5.06. The van der Waals surface area contributed by atoms with Gasteiger partial charge in [-0.2, -0.15) is 0 Å². The third kappa shape index (κ3) is 3.47. The van der Waals surface area contributed by atoms with Gasteiger partial charge in [0.15, 0.2) is 0 Å². The summed E-state index contributed by atoms with van der Waals surface area (Å²) in [5.41, 5.74) is 0.343. The van der Waals surface area contributed by atoms with Crippen molar-refractivity contribution in [3.63, 3.8) is 0 Å². The summed E-state index contributed by atoms with van der Waals surface area (Å²) >= 11 is 5.90. The highest BCUT2D eigenvalue weighted by Gasteiger charge is 2.31. The largest absolute Gasteiger partial charge is 0.495 e. The Morgan fingerprint density at radius 2 is 2.08 bits per heavy atom. The van der Waals surface area contributed by atoms with Crippen molar-refractivity contribution >= 4 is 38.9 Å². The standard InChI is InChI=1S/C17H16ClFN2O4S/c1-25-15-7-6-11(10-14(15)21-8-3-9-26(21,23)24)20-17(22)16-12(18)4-2-5-13(16)19/h2,4-7,10H,3,8-9H2,1H3,(H,20,22). The number of halogens is 2. The van der Waals surface area contributed by atoms with Crippen molar-refractivity contribution < 1.29 is 22.3 Å². The van der Waals surface area contributed by atoms with Crippen molar-refractivity contribution in [3.05, 3.63) is 52.8 Å². The number of amides is 1. The topological polar surface area (TPSA) is 75.7 Å². The van der Waals surface area contributed by atoms with Crippen molar-refractivity contribution in [2.24, 2.45) is 0 Å². The summed E-state index contributed by atoms with van der Waals surface area (Å²) in [4.78, 5) is 12.4. The third-order valence-corrected chi connectivity index (χ3v) is 6.16. The summed E-state index contributed by atoms with van der Waals surface area (Å²) in [6, 6.07) is 8.51. The van der Waals surface area contributed by atoms with Crippen LogP contribution >= 0.6 is 11.6 Å². The number of benzene rings is 2. The number of methoxy groups -OCH3 is 1. The van der Waals surface area contributed by atoms with Gasteiger partial charge in [0.05, 0.1) is 29.1 Å². The fourth-order valence-electron chi connectivity index (χ4n) is 2.78. The maximum atomic E-state index is 13.9. The van der Waals surface area contributed by atoms with Crippen molar-refractivity contribution in [2.75, 3.05) is 29.0 Å². The zero-order valence-electron chi connectivity index (χ0n) is 13.8. The fourth-order valence-corrected chi connectivity index (χ4v) is 4.59. The Morgan fingerprint density at radius 3 is 2.69 bits per heavy atom. The van der Waals surface area contributed by atoms with E-state index < -0.39 is 21.7 Å². The van der Waals surface area contributed by atoms with Crippen molar-refractivity contribution in [1.82, 2.24) is 0 Å². The van der Waals surface area contributed by atoms with Crippen LogP contribution in [0.25, 0.3) is 0 Å². The molecule has 0 aromatic heterocycles. The van der Waals surface area contributed by atoms with E-state index in [4.69, 9.17) is 16.3 Å². The lowest BCUT2D eigenvalue weighted by Gasteiger charge is -2.20. The number of anilines is 2. The van der Waals surface area contributed by atoms with Gasteiger partial charge < -0.3 is 10.1 Å². The minimum Gasteiger partial charge on any atom is -0.495 e. The van der Waals surface area contributed by atoms with E-state index in [-0.39, 0.29) is 16.3 Å². The zero-order chi connectivity index (χ0) is 18.9. The van der Waals surface area contributed by atoms with E-state index in [9.17, 15) is 17.6 Å². The van der Waals surface area contributed by atoms with E-state index >= 15 is 0 Å². The van der Waals surface area contributed by atoms with Crippen LogP contribution in [0.4, 0.5) is 15.8 Å². The Balaban J connectivity index is 1.95. The molecule has 2 aromatic carbocycles. The van der Waals surface area contributed by atoms with Crippen molar-refractivity contribution in [3.8, 4) is 5.75 Å². The summed E-state index contributed by atoms with van der Waals surface area (Å²) in [6.07, 6.45) is 0.507. The highest BCUT2D eigenvalue weighted by atomic mass is 35.5. The molecule has 0 atom stereocenters. The van der Waals surface area contributed by atoms with Crippen LogP contribution in [0.2, 0.25) is 5.02 Å². The number of carbonyl (C=O) groups is 1. The molecular weight excluding hydrogens is 383 g/mol. The van der Waals surface area contributed by atoms with Crippen LogP contribution < -0.4 is 14.4 Å². The molecule has 6 nitrogen and oxygen atoms in total. The molecule has 2 aromatic rings. The van der Waals surface area contributed by atoms with E-state index in [0.717, 1.165) is 6.07 Å². The van der Waals surface area contributed by atoms with Gasteiger partial charge in [0, 0.05) is 12.2 Å². The minimum atomic E-state index is -3.42. The number of ether oxygens (including phenoxy) is 1. The van der Waals surface area contributed by atoms with E-state index in [1.807, 2.05) is 0 Å². The second-order valence-corrected chi connectivity index (χ2v) is 8.10. The second-order valence-electron chi connectivity index (χ2n) is 5.68. The highest BCUT2D eigenvalue weighted by molar-refractivity contribution is 7.93. The SMILES string of the molecule is COc1ccc(NC(=O)c2c(F)cccc2Cl)cc1N1CCCS1(=O)=O. The second kappa shape index (κ2) is 7.13. The van der Waals surface area contributed by atoms with E-state index in [0.29, 0.717) is 30.1 Å². The van der Waals surface area contributed by atoms with Crippen molar-refractivity contribution in [2.45, 2.75) is 6.42 Å². The molecule has 0 unspecified atom stereocenters. The van der Waals surface area contributed by atoms with E-state index in [2.05, 4.69) is 5.32 Å². The molecule has 1 aliphatic heterocycles. The molecule has 9 heteroatoms. The molecule has 0 radical (unpaired) electrons. The lowest BCUT2D eigenvalue weighted by atomic mass is 10.2. The van der Waals surface area contributed by atoms with Crippen LogP contribution in [0.3, 0.4) is 0 Å². The first-order chi connectivity index (χ1) is 12.3. The lowest BCUT2D eigenvalue weighted by Crippen LogP contribution is -2.25. The maximum Gasteiger partial charge on any atom is 0.260 e. The first-order valence-corrected chi connectivity index (χ1v) is 9.76. The van der Waals surface area contributed by atoms with Crippen LogP contribution in [0.15, 0.2) is 36.4 Å². The van der Waals surface area contributed by atoms with E-state index in [1.54, 1.807) is 6.07 Å². The van der Waals surface area contributed by atoms with Gasteiger partial charge in [-0.05, 0) is 36.8 Å². The summed E-state index contributed by atoms with van der Waals surface area (Å²) in [7, 11) is -1.99. The third-order valence-electron chi connectivity index (χ3n) is 3.99. The van der Waals surface area contributed by atoms with Crippen LogP contribution in [0.1, 0.15) is 16.8 Å². The molecule has 1 saturated heterocycles. The summed E-state index contributed by atoms with van der Waals surface area (Å²) in [5.74, 6) is -1.06. The Labute approximate surface area is 155 Å². The quantitative estimate of drug-likeness (QED) is 0.857. The molecular formula is C17H16ClFN2O4S. The Morgan fingerprint density at radius 1 is 1.31 bits per heavy atom. The number of hydrogen-bond acceptors (Lipinski definition) is 4. The molecule has 1 fully saturated rings. The van der Waals surface area contributed by atoms with Crippen LogP contribution in [-0.4, -0.2) is 33.7 Å². The molecule has 1 heterocycles. The van der Waals surface area contributed by atoms with Gasteiger partial charge in [0.25, 0.3) is 5.91 Å². The molecule has 0 saturated carbocycles. The fraction of sp³-hybridized carbons (Fsp3) is 0.235. The summed E-state index contributed by atoms with van der Waals surface area (Å²) in [6.45, 7) is 0.329. The average Bonchev–Trinajstić information content (AvgIpc) is 2.93. The van der Waals surface area contributed by atoms with Crippen LogP contribution in [0.5, 0.6) is 5.75 Å². The Hall–Kier alpha value is -2.32. The predicted octanol–water partition coefficient (Wildman–Crippen LogP) is 3.28. The summed E-state index contributed by atoms with van der Waals surface area (Å²) < 4.78 is 44.8. The molecule has 1 N–H and O–H groups in total. The number of sulfonamides is 1. The van der Waals surface area contributed by atoms with Crippen molar-refractivity contribution in [1.29, 1.82) is 0 Å². The molecule has 0 spiro atoms. The number of carbonyl (C=O) groups excluding carboxylic acids is 1. The summed E-state index contributed by atoms with van der Waals surface area (Å²) in [5, 5.41) is 2.53. The monoisotopic (exact) mass is 398 g/mol. The lowest BCUT2D eigenvalue weighted by molar-refractivity contribution is 0.102. The normalized spacial score (nSPS) is 15.7. The average molecular weight is 399 g/mol. The number of nitrogens with one attached hydrogen (secondary N) is 1. The molecule has 1 aliphatic rings. The van der Waals surface area contributed by atoms with Gasteiger partial charge >= 0.3 is 0 Å². The number of rotatable bonds is 4. The number of hydrogen-bond donors (Lipinski definition) is 1. The molecule has 0 aliphatic carbocycles. The predicted molar refractivity (Wildman–Crippen MR) is 98.1 cm³/mol. The molecule has 1 amide bonds. The van der Waals surface area contributed by atoms with Gasteiger partial charge in [-0.1, -0.05) is 17.7 Å². The van der Waals surface area contributed by atoms with Gasteiger partial charge in [-0.25, -0.2) is 12.8 Å². The molecule has 26 heavy (non-hydrogen) atoms. The maximum absolute atomic E-state index is 13.9. The van der Waals surface area contributed by atoms with Gasteiger partial charge in [-0.15, -0.1) is 0 Å². The Bertz CT molecular complexity index is 945. The molecule has 3 rings (SSSR count). The van der Waals surface area contributed by atoms with E-state index in [1.165, 1.54) is 35.7 Å². The molecule has 138 valence electrons. The first kappa shape index (κ1) is 18.5. The van der Waals surface area contributed by atoms with Crippen LogP contribution in [0, 0.1) is 5.82 Å². The molecule has 0 bridgehead atoms. The highest BCUT2D eigenvalue weighted by Crippen LogP contribution is 2.35. The van der Waals surface area contributed by atoms with Crippen LogP contribution in [-0.2, 0) is 10.0 Å². The van der Waals surface area contributed by atoms with Gasteiger partial charge in [0.1, 0.15) is 11.6 Å². The van der Waals surface area contributed by atoms with Gasteiger partial charge in [-0.3, -0.25) is 9.10 Å².